The average molecular weight is 283 g/mol. The van der Waals surface area contributed by atoms with Crippen LogP contribution in [0.25, 0.3) is 11.5 Å². The van der Waals surface area contributed by atoms with Gasteiger partial charge in [-0.15, -0.1) is 10.2 Å². The Hall–Kier alpha value is -2.57. The van der Waals surface area contributed by atoms with Crippen LogP contribution in [0.15, 0.2) is 31.0 Å². The van der Waals surface area contributed by atoms with Gasteiger partial charge in [-0.3, -0.25) is 0 Å². The summed E-state index contributed by atoms with van der Waals surface area (Å²) in [6, 6.07) is 1.90. The molecule has 3 aromatic heterocycles. The summed E-state index contributed by atoms with van der Waals surface area (Å²) in [5, 5.41) is 8.11. The van der Waals surface area contributed by atoms with E-state index in [1.165, 1.54) is 0 Å². The van der Waals surface area contributed by atoms with Crippen molar-refractivity contribution < 1.29 is 0 Å². The Balaban J connectivity index is 2.03. The Labute approximate surface area is 122 Å². The van der Waals surface area contributed by atoms with Crippen molar-refractivity contribution in [2.45, 2.75) is 26.3 Å². The highest BCUT2D eigenvalue weighted by molar-refractivity contribution is 5.49. The molecule has 0 aliphatic heterocycles. The second-order valence-electron chi connectivity index (χ2n) is 4.85. The first-order valence-electron chi connectivity index (χ1n) is 6.89. The zero-order chi connectivity index (χ0) is 14.8. The molecule has 3 heterocycles. The Morgan fingerprint density at radius 2 is 2.10 bits per heavy atom. The third-order valence-electron chi connectivity index (χ3n) is 3.46. The normalized spacial score (nSPS) is 12.5. The van der Waals surface area contributed by atoms with Gasteiger partial charge in [0, 0.05) is 32.1 Å². The standard InChI is InChI=1S/C14H17N7/c1-4-12-15-6-5-11(18-12)14-16-7-8-21(14)10(2)13-19-17-9-20(13)3/h5-10H,4H2,1-3H3. The van der Waals surface area contributed by atoms with Gasteiger partial charge < -0.3 is 9.13 Å². The van der Waals surface area contributed by atoms with Crippen molar-refractivity contribution in [1.82, 2.24) is 34.3 Å². The molecule has 21 heavy (non-hydrogen) atoms. The smallest absolute Gasteiger partial charge is 0.159 e. The van der Waals surface area contributed by atoms with E-state index < -0.39 is 0 Å². The topological polar surface area (TPSA) is 74.3 Å². The Bertz CT molecular complexity index is 743. The number of hydrogen-bond donors (Lipinski definition) is 0. The van der Waals surface area contributed by atoms with Crippen molar-refractivity contribution in [3.05, 3.63) is 42.6 Å². The fraction of sp³-hybridized carbons (Fsp3) is 0.357. The second kappa shape index (κ2) is 5.43. The third-order valence-corrected chi connectivity index (χ3v) is 3.46. The van der Waals surface area contributed by atoms with Gasteiger partial charge in [-0.1, -0.05) is 6.92 Å². The molecule has 0 saturated heterocycles. The summed E-state index contributed by atoms with van der Waals surface area (Å²) >= 11 is 0. The number of imidazole rings is 1. The van der Waals surface area contributed by atoms with E-state index in [0.717, 1.165) is 29.6 Å². The summed E-state index contributed by atoms with van der Waals surface area (Å²) in [6.07, 6.45) is 7.97. The van der Waals surface area contributed by atoms with Crippen LogP contribution in [0, 0.1) is 0 Å². The maximum atomic E-state index is 4.54. The van der Waals surface area contributed by atoms with Crippen molar-refractivity contribution in [2.75, 3.05) is 0 Å². The highest BCUT2D eigenvalue weighted by Crippen LogP contribution is 2.22. The minimum absolute atomic E-state index is 0.0232. The van der Waals surface area contributed by atoms with Gasteiger partial charge in [0.05, 0.1) is 6.04 Å². The number of aromatic nitrogens is 7. The Kier molecular flexibility index (Phi) is 3.47. The molecule has 7 nitrogen and oxygen atoms in total. The van der Waals surface area contributed by atoms with Crippen molar-refractivity contribution in [1.29, 1.82) is 0 Å². The highest BCUT2D eigenvalue weighted by Gasteiger charge is 2.18. The molecule has 0 N–H and O–H groups in total. The fourth-order valence-electron chi connectivity index (χ4n) is 2.31. The van der Waals surface area contributed by atoms with Crippen LogP contribution in [0.3, 0.4) is 0 Å². The van der Waals surface area contributed by atoms with Crippen LogP contribution in [0.2, 0.25) is 0 Å². The van der Waals surface area contributed by atoms with Crippen molar-refractivity contribution >= 4 is 0 Å². The Morgan fingerprint density at radius 1 is 1.24 bits per heavy atom. The predicted molar refractivity (Wildman–Crippen MR) is 77.4 cm³/mol. The number of hydrogen-bond acceptors (Lipinski definition) is 5. The van der Waals surface area contributed by atoms with E-state index in [4.69, 9.17) is 0 Å². The lowest BCUT2D eigenvalue weighted by Crippen LogP contribution is -2.13. The summed E-state index contributed by atoms with van der Waals surface area (Å²) in [4.78, 5) is 13.2. The van der Waals surface area contributed by atoms with Crippen LogP contribution in [-0.4, -0.2) is 34.3 Å². The largest absolute Gasteiger partial charge is 0.319 e. The summed E-state index contributed by atoms with van der Waals surface area (Å²) in [5.41, 5.74) is 0.820. The van der Waals surface area contributed by atoms with Gasteiger partial charge in [-0.2, -0.15) is 0 Å². The summed E-state index contributed by atoms with van der Waals surface area (Å²) in [7, 11) is 1.93. The highest BCUT2D eigenvalue weighted by atomic mass is 15.3. The number of nitrogens with zero attached hydrogens (tertiary/aromatic N) is 7. The third kappa shape index (κ3) is 2.42. The fourth-order valence-corrected chi connectivity index (χ4v) is 2.31. The molecule has 0 fully saturated rings. The van der Waals surface area contributed by atoms with E-state index in [2.05, 4.69) is 32.1 Å². The van der Waals surface area contributed by atoms with E-state index in [0.29, 0.717) is 0 Å². The quantitative estimate of drug-likeness (QED) is 0.727. The van der Waals surface area contributed by atoms with Gasteiger partial charge in [0.15, 0.2) is 11.6 Å². The molecule has 0 aromatic carbocycles. The maximum absolute atomic E-state index is 4.54. The maximum Gasteiger partial charge on any atom is 0.159 e. The summed E-state index contributed by atoms with van der Waals surface area (Å²) < 4.78 is 3.96. The molecular weight excluding hydrogens is 266 g/mol. The van der Waals surface area contributed by atoms with Crippen LogP contribution in [0.1, 0.15) is 31.5 Å². The first-order chi connectivity index (χ1) is 10.2. The molecule has 3 rings (SSSR count). The van der Waals surface area contributed by atoms with E-state index in [-0.39, 0.29) is 6.04 Å². The minimum atomic E-state index is 0.0232. The SMILES string of the molecule is CCc1nccc(-c2nccn2C(C)c2nncn2C)n1. The molecule has 108 valence electrons. The lowest BCUT2D eigenvalue weighted by atomic mass is 10.2. The molecule has 0 amide bonds. The minimum Gasteiger partial charge on any atom is -0.319 e. The summed E-state index contributed by atoms with van der Waals surface area (Å²) in [6.45, 7) is 4.10. The molecule has 3 aromatic rings. The molecule has 0 saturated carbocycles. The first-order valence-corrected chi connectivity index (χ1v) is 6.89. The lowest BCUT2D eigenvalue weighted by molar-refractivity contribution is 0.577. The van der Waals surface area contributed by atoms with Gasteiger partial charge in [0.2, 0.25) is 0 Å². The molecule has 0 aliphatic carbocycles. The first kappa shape index (κ1) is 13.4. The van der Waals surface area contributed by atoms with Crippen molar-refractivity contribution in [3.8, 4) is 11.5 Å². The Morgan fingerprint density at radius 3 is 2.81 bits per heavy atom. The van der Waals surface area contributed by atoms with E-state index >= 15 is 0 Å². The van der Waals surface area contributed by atoms with Gasteiger partial charge in [-0.25, -0.2) is 15.0 Å². The van der Waals surface area contributed by atoms with Crippen molar-refractivity contribution in [2.24, 2.45) is 7.05 Å². The monoisotopic (exact) mass is 283 g/mol. The van der Waals surface area contributed by atoms with Crippen LogP contribution < -0.4 is 0 Å². The molecule has 1 unspecified atom stereocenters. The lowest BCUT2D eigenvalue weighted by Gasteiger charge is -2.15. The predicted octanol–water partition coefficient (Wildman–Crippen LogP) is 1.64. The van der Waals surface area contributed by atoms with E-state index in [1.807, 2.05) is 35.4 Å². The molecule has 0 radical (unpaired) electrons. The summed E-state index contributed by atoms with van der Waals surface area (Å²) in [5.74, 6) is 2.50. The van der Waals surface area contributed by atoms with E-state index in [1.54, 1.807) is 18.7 Å². The van der Waals surface area contributed by atoms with Crippen LogP contribution in [0.5, 0.6) is 0 Å². The molecule has 7 heteroatoms. The zero-order valence-corrected chi connectivity index (χ0v) is 12.3. The van der Waals surface area contributed by atoms with Crippen molar-refractivity contribution in [3.63, 3.8) is 0 Å². The second-order valence-corrected chi connectivity index (χ2v) is 4.85. The van der Waals surface area contributed by atoms with Gasteiger partial charge in [-0.05, 0) is 13.0 Å². The zero-order valence-electron chi connectivity index (χ0n) is 12.3. The molecule has 0 aliphatic rings. The molecule has 0 bridgehead atoms. The molecule has 0 spiro atoms. The molecular formula is C14H17N7. The average Bonchev–Trinajstić information content (AvgIpc) is 3.15. The molecule has 1 atom stereocenters. The van der Waals surface area contributed by atoms with Gasteiger partial charge in [0.1, 0.15) is 17.8 Å². The number of rotatable bonds is 4. The van der Waals surface area contributed by atoms with Gasteiger partial charge >= 0.3 is 0 Å². The van der Waals surface area contributed by atoms with Gasteiger partial charge in [0.25, 0.3) is 0 Å². The van der Waals surface area contributed by atoms with E-state index in [9.17, 15) is 0 Å². The van der Waals surface area contributed by atoms with Crippen LogP contribution in [0.4, 0.5) is 0 Å². The van der Waals surface area contributed by atoms with Crippen LogP contribution in [-0.2, 0) is 13.5 Å². The van der Waals surface area contributed by atoms with Crippen LogP contribution >= 0.6 is 0 Å². The number of aryl methyl sites for hydroxylation is 2.